The molecule has 27 heavy (non-hydrogen) atoms. The Morgan fingerprint density at radius 2 is 1.89 bits per heavy atom. The first-order chi connectivity index (χ1) is 12.7. The Hall–Kier alpha value is -2.09. The second-order valence-electron chi connectivity index (χ2n) is 7.07. The van der Waals surface area contributed by atoms with E-state index in [1.807, 2.05) is 11.8 Å². The number of unbranched alkanes of at least 4 members (excludes halogenated alkanes) is 1. The van der Waals surface area contributed by atoms with Crippen molar-refractivity contribution < 1.29 is 13.2 Å². The molecule has 1 atom stereocenters. The van der Waals surface area contributed by atoms with Crippen LogP contribution in [0.1, 0.15) is 39.2 Å². The number of likely N-dealkylation sites (N-methyl/N-ethyl adjacent to an activating group) is 1. The van der Waals surface area contributed by atoms with Crippen molar-refractivity contribution in [3.8, 4) is 0 Å². The number of nitrogens with one attached hydrogen (secondary N) is 1. The van der Waals surface area contributed by atoms with Crippen LogP contribution in [0.25, 0.3) is 0 Å². The molecular weight excluding hydrogens is 364 g/mol. The van der Waals surface area contributed by atoms with E-state index in [0.29, 0.717) is 26.1 Å². The van der Waals surface area contributed by atoms with Crippen LogP contribution in [0.5, 0.6) is 0 Å². The van der Waals surface area contributed by atoms with Crippen LogP contribution in [-0.2, 0) is 21.2 Å². The fourth-order valence-corrected chi connectivity index (χ4v) is 4.49. The van der Waals surface area contributed by atoms with E-state index in [1.54, 1.807) is 36.2 Å². The average Bonchev–Trinajstić information content (AvgIpc) is 3.00. The lowest BCUT2D eigenvalue weighted by molar-refractivity contribution is -0.129. The second-order valence-corrected chi connectivity index (χ2v) is 8.93. The summed E-state index contributed by atoms with van der Waals surface area (Å²) in [7, 11) is -1.96. The summed E-state index contributed by atoms with van der Waals surface area (Å²) in [5.41, 5.74) is 0.968. The van der Waals surface area contributed by atoms with Crippen LogP contribution >= 0.6 is 0 Å². The maximum Gasteiger partial charge on any atom is 0.266 e. The van der Waals surface area contributed by atoms with Crippen LogP contribution in [0.2, 0.25) is 0 Å². The van der Waals surface area contributed by atoms with Gasteiger partial charge in [0.15, 0.2) is 0 Å². The molecule has 0 aromatic heterocycles. The van der Waals surface area contributed by atoms with Gasteiger partial charge in [-0.2, -0.15) is 0 Å². The van der Waals surface area contributed by atoms with Gasteiger partial charge in [-0.1, -0.05) is 25.5 Å². The molecule has 1 aromatic rings. The summed E-state index contributed by atoms with van der Waals surface area (Å²) in [4.78, 5) is 15.1. The number of sulfonamides is 1. The van der Waals surface area contributed by atoms with Gasteiger partial charge in [0.25, 0.3) is 10.0 Å². The van der Waals surface area contributed by atoms with Gasteiger partial charge in [-0.05, 0) is 37.5 Å². The number of benzene rings is 1. The lowest BCUT2D eigenvalue weighted by atomic mass is 10.1. The topological polar surface area (TPSA) is 84.8 Å². The molecule has 1 aliphatic rings. The van der Waals surface area contributed by atoms with E-state index >= 15 is 0 Å². The zero-order valence-electron chi connectivity index (χ0n) is 16.6. The number of nitrogens with zero attached hydrogens (tertiary/aromatic N) is 3. The highest BCUT2D eigenvalue weighted by molar-refractivity contribution is 7.89. The first-order valence-electron chi connectivity index (χ1n) is 9.37. The number of amides is 1. The van der Waals surface area contributed by atoms with Gasteiger partial charge in [0.1, 0.15) is 0 Å². The first-order valence-corrected chi connectivity index (χ1v) is 10.8. The summed E-state index contributed by atoms with van der Waals surface area (Å²) in [5, 5.41) is 8.20. The molecule has 0 saturated carbocycles. The van der Waals surface area contributed by atoms with Gasteiger partial charge in [0.2, 0.25) is 11.9 Å². The molecule has 1 aromatic carbocycles. The van der Waals surface area contributed by atoms with Crippen LogP contribution in [0.4, 0.5) is 0 Å². The largest absolute Gasteiger partial charge is 0.343 e. The number of carbonyl (C=O) groups is 1. The van der Waals surface area contributed by atoms with E-state index in [2.05, 4.69) is 6.92 Å². The summed E-state index contributed by atoms with van der Waals surface area (Å²) in [6.07, 6.45) is 2.60. The van der Waals surface area contributed by atoms with Crippen molar-refractivity contribution in [2.45, 2.75) is 51.0 Å². The first kappa shape index (κ1) is 21.2. The van der Waals surface area contributed by atoms with E-state index in [4.69, 9.17) is 5.41 Å². The Labute approximate surface area is 162 Å². The van der Waals surface area contributed by atoms with E-state index in [0.717, 1.165) is 18.4 Å². The van der Waals surface area contributed by atoms with E-state index in [9.17, 15) is 13.2 Å². The summed E-state index contributed by atoms with van der Waals surface area (Å²) < 4.78 is 27.0. The molecule has 7 nitrogen and oxygen atoms in total. The van der Waals surface area contributed by atoms with Crippen LogP contribution in [-0.4, -0.2) is 67.1 Å². The summed E-state index contributed by atoms with van der Waals surface area (Å²) >= 11 is 0. The van der Waals surface area contributed by atoms with E-state index in [-0.39, 0.29) is 22.8 Å². The van der Waals surface area contributed by atoms with Crippen molar-refractivity contribution in [1.29, 1.82) is 5.41 Å². The Morgan fingerprint density at radius 3 is 2.44 bits per heavy atom. The number of carbonyl (C=O) groups excluding carboxylic acids is 1. The SMILES string of the molecule is CCCCN1CCN(S(=O)(=O)c2ccc(CC(C)N(C)C(C)=O)cc2)C1=N. The third kappa shape index (κ3) is 4.80. The third-order valence-corrected chi connectivity index (χ3v) is 6.89. The molecule has 1 unspecified atom stereocenters. The summed E-state index contributed by atoms with van der Waals surface area (Å²) in [6.45, 7) is 7.15. The highest BCUT2D eigenvalue weighted by Crippen LogP contribution is 2.22. The molecule has 1 heterocycles. The minimum absolute atomic E-state index is 0.00173. The molecule has 150 valence electrons. The minimum Gasteiger partial charge on any atom is -0.343 e. The Kier molecular flexibility index (Phi) is 6.86. The predicted molar refractivity (Wildman–Crippen MR) is 106 cm³/mol. The van der Waals surface area contributed by atoms with Gasteiger partial charge in [-0.25, -0.2) is 12.7 Å². The maximum atomic E-state index is 12.9. The molecule has 0 aliphatic carbocycles. The molecule has 1 saturated heterocycles. The molecule has 1 amide bonds. The standard InChI is InChI=1S/C19H30N4O3S/c1-5-6-11-22-12-13-23(19(22)20)27(25,26)18-9-7-17(8-10-18)14-15(2)21(4)16(3)24/h7-10,15,20H,5-6,11-14H2,1-4H3. The summed E-state index contributed by atoms with van der Waals surface area (Å²) in [6, 6.07) is 6.78. The second kappa shape index (κ2) is 8.73. The van der Waals surface area contributed by atoms with Crippen LogP contribution in [0.3, 0.4) is 0 Å². The number of guanidine groups is 1. The number of hydrogen-bond acceptors (Lipinski definition) is 4. The molecule has 0 spiro atoms. The fraction of sp³-hybridized carbons (Fsp3) is 0.579. The Bertz CT molecular complexity index is 777. The van der Waals surface area contributed by atoms with Crippen molar-refractivity contribution >= 4 is 21.9 Å². The molecule has 1 fully saturated rings. The Morgan fingerprint density at radius 1 is 1.26 bits per heavy atom. The summed E-state index contributed by atoms with van der Waals surface area (Å²) in [5.74, 6) is 0.0612. The van der Waals surface area contributed by atoms with Gasteiger partial charge in [-0.15, -0.1) is 0 Å². The lowest BCUT2D eigenvalue weighted by Crippen LogP contribution is -2.37. The van der Waals surface area contributed by atoms with Gasteiger partial charge in [-0.3, -0.25) is 10.2 Å². The van der Waals surface area contributed by atoms with Crippen molar-refractivity contribution in [3.63, 3.8) is 0 Å². The molecular formula is C19H30N4O3S. The lowest BCUT2D eigenvalue weighted by Gasteiger charge is -2.24. The third-order valence-electron chi connectivity index (χ3n) is 5.09. The highest BCUT2D eigenvalue weighted by Gasteiger charge is 2.34. The predicted octanol–water partition coefficient (Wildman–Crippen LogP) is 2.14. The fourth-order valence-electron chi connectivity index (χ4n) is 3.09. The van der Waals surface area contributed by atoms with Crippen molar-refractivity contribution in [1.82, 2.24) is 14.1 Å². The van der Waals surface area contributed by atoms with Crippen LogP contribution < -0.4 is 0 Å². The normalized spacial score (nSPS) is 15.9. The smallest absolute Gasteiger partial charge is 0.266 e. The van der Waals surface area contributed by atoms with Crippen molar-refractivity contribution in [2.75, 3.05) is 26.7 Å². The quantitative estimate of drug-likeness (QED) is 0.732. The molecule has 1 N–H and O–H groups in total. The molecule has 1 aliphatic heterocycles. The van der Waals surface area contributed by atoms with E-state index in [1.165, 1.54) is 11.2 Å². The van der Waals surface area contributed by atoms with Gasteiger partial charge >= 0.3 is 0 Å². The Balaban J connectivity index is 2.09. The van der Waals surface area contributed by atoms with Gasteiger partial charge in [0.05, 0.1) is 11.4 Å². The van der Waals surface area contributed by atoms with E-state index < -0.39 is 10.0 Å². The van der Waals surface area contributed by atoms with Gasteiger partial charge in [0, 0.05) is 33.1 Å². The van der Waals surface area contributed by atoms with Crippen molar-refractivity contribution in [2.24, 2.45) is 0 Å². The molecule has 8 heteroatoms. The van der Waals surface area contributed by atoms with Gasteiger partial charge < -0.3 is 9.80 Å². The number of hydrogen-bond donors (Lipinski definition) is 1. The average molecular weight is 395 g/mol. The van der Waals surface area contributed by atoms with Crippen molar-refractivity contribution in [3.05, 3.63) is 29.8 Å². The minimum atomic E-state index is -3.72. The highest BCUT2D eigenvalue weighted by atomic mass is 32.2. The molecule has 0 bridgehead atoms. The molecule has 0 radical (unpaired) electrons. The maximum absolute atomic E-state index is 12.9. The number of rotatable bonds is 8. The molecule has 2 rings (SSSR count). The van der Waals surface area contributed by atoms with Crippen LogP contribution in [0, 0.1) is 5.41 Å². The zero-order valence-corrected chi connectivity index (χ0v) is 17.4. The monoisotopic (exact) mass is 394 g/mol. The zero-order chi connectivity index (χ0) is 20.2. The van der Waals surface area contributed by atoms with Crippen LogP contribution in [0.15, 0.2) is 29.2 Å².